The van der Waals surface area contributed by atoms with Crippen LogP contribution in [-0.2, 0) is 14.3 Å². The molecule has 0 aromatic rings. The van der Waals surface area contributed by atoms with E-state index in [4.69, 9.17) is 4.74 Å². The first kappa shape index (κ1) is 35.1. The van der Waals surface area contributed by atoms with Crippen LogP contribution in [0.2, 0.25) is 0 Å². The smallest absolute Gasteiger partial charge is 0.302 e. The van der Waals surface area contributed by atoms with Crippen molar-refractivity contribution < 1.29 is 14.3 Å². The van der Waals surface area contributed by atoms with E-state index < -0.39 is 0 Å². The van der Waals surface area contributed by atoms with Gasteiger partial charge in [0, 0.05) is 12.8 Å². The normalized spacial score (nSPS) is 13.0. The van der Waals surface area contributed by atoms with Crippen molar-refractivity contribution in [2.24, 2.45) is 11.8 Å². The summed E-state index contributed by atoms with van der Waals surface area (Å²) in [5.41, 5.74) is 0. The molecule has 0 saturated heterocycles. The van der Waals surface area contributed by atoms with Crippen LogP contribution in [0.1, 0.15) is 182 Å². The van der Waals surface area contributed by atoms with E-state index in [0.717, 1.165) is 18.8 Å². The third-order valence-electron chi connectivity index (χ3n) is 7.92. The van der Waals surface area contributed by atoms with E-state index in [1.165, 1.54) is 148 Å². The van der Waals surface area contributed by atoms with Gasteiger partial charge in [0.25, 0.3) is 0 Å². The fourth-order valence-electron chi connectivity index (χ4n) is 5.11. The van der Waals surface area contributed by atoms with E-state index in [1.807, 2.05) is 0 Å². The van der Waals surface area contributed by atoms with Gasteiger partial charge in [0.05, 0.1) is 6.61 Å². The molecule has 0 aromatic carbocycles. The third-order valence-corrected chi connectivity index (χ3v) is 7.92. The Morgan fingerprint density at radius 2 is 0.778 bits per heavy atom. The topological polar surface area (TPSA) is 43.4 Å². The van der Waals surface area contributed by atoms with Gasteiger partial charge in [-0.15, -0.1) is 0 Å². The fraction of sp³-hybridized carbons (Fsp3) is 0.939. The van der Waals surface area contributed by atoms with Crippen molar-refractivity contribution >= 4 is 11.8 Å². The first-order valence-corrected chi connectivity index (χ1v) is 16.1. The molecule has 0 heterocycles. The summed E-state index contributed by atoms with van der Waals surface area (Å²) in [5, 5.41) is 0. The van der Waals surface area contributed by atoms with Crippen LogP contribution in [0.25, 0.3) is 0 Å². The Hall–Kier alpha value is -0.860. The number of carbonyl (C=O) groups is 2. The van der Waals surface area contributed by atoms with Gasteiger partial charge in [-0.05, 0) is 25.7 Å². The van der Waals surface area contributed by atoms with E-state index in [9.17, 15) is 9.59 Å². The molecule has 0 aliphatic carbocycles. The van der Waals surface area contributed by atoms with E-state index in [0.29, 0.717) is 12.4 Å². The molecule has 0 bridgehead atoms. The van der Waals surface area contributed by atoms with Gasteiger partial charge in [-0.2, -0.15) is 0 Å². The molecular formula is C33H64O3. The Kier molecular flexibility index (Phi) is 26.5. The van der Waals surface area contributed by atoms with Gasteiger partial charge in [-0.25, -0.2) is 0 Å². The molecule has 214 valence electrons. The molecule has 3 heteroatoms. The van der Waals surface area contributed by atoms with Crippen molar-refractivity contribution in [1.82, 2.24) is 0 Å². The summed E-state index contributed by atoms with van der Waals surface area (Å²) in [7, 11) is 0. The van der Waals surface area contributed by atoms with E-state index in [-0.39, 0.29) is 11.9 Å². The van der Waals surface area contributed by atoms with E-state index in [1.54, 1.807) is 6.92 Å². The summed E-state index contributed by atoms with van der Waals surface area (Å²) in [6.07, 6.45) is 32.4. The zero-order chi connectivity index (χ0) is 26.7. The zero-order valence-electron chi connectivity index (χ0n) is 25.1. The Morgan fingerprint density at radius 3 is 1.11 bits per heavy atom. The number of hydrogen-bond acceptors (Lipinski definition) is 3. The molecule has 0 N–H and O–H groups in total. The monoisotopic (exact) mass is 508 g/mol. The van der Waals surface area contributed by atoms with Gasteiger partial charge in [-0.3, -0.25) is 9.59 Å². The van der Waals surface area contributed by atoms with Gasteiger partial charge >= 0.3 is 5.97 Å². The molecule has 2 atom stereocenters. The van der Waals surface area contributed by atoms with Crippen LogP contribution in [0.4, 0.5) is 0 Å². The van der Waals surface area contributed by atoms with Crippen molar-refractivity contribution in [1.29, 1.82) is 0 Å². The SMILES string of the molecule is CC(=O)OCCCCCCCCCCCCCCCCCCC(C)CCCCCCCC(C)C(C)=O. The van der Waals surface area contributed by atoms with E-state index >= 15 is 0 Å². The lowest BCUT2D eigenvalue weighted by Gasteiger charge is -2.11. The highest BCUT2D eigenvalue weighted by Crippen LogP contribution is 2.19. The maximum absolute atomic E-state index is 11.3. The number of ether oxygens (including phenoxy) is 1. The number of hydrogen-bond donors (Lipinski definition) is 0. The van der Waals surface area contributed by atoms with Crippen LogP contribution in [0.3, 0.4) is 0 Å². The second-order valence-corrected chi connectivity index (χ2v) is 11.7. The molecule has 0 saturated carbocycles. The number of rotatable bonds is 28. The van der Waals surface area contributed by atoms with Crippen molar-refractivity contribution in [2.75, 3.05) is 6.61 Å². The van der Waals surface area contributed by atoms with Gasteiger partial charge in [-0.1, -0.05) is 155 Å². The van der Waals surface area contributed by atoms with Crippen LogP contribution in [0, 0.1) is 11.8 Å². The maximum Gasteiger partial charge on any atom is 0.302 e. The Morgan fingerprint density at radius 1 is 0.472 bits per heavy atom. The molecule has 0 aliphatic heterocycles. The molecule has 2 unspecified atom stereocenters. The predicted octanol–water partition coefficient (Wildman–Crippen LogP) is 10.8. The Bertz CT molecular complexity index is 487. The molecule has 3 nitrogen and oxygen atoms in total. The molecule has 0 fully saturated rings. The summed E-state index contributed by atoms with van der Waals surface area (Å²) < 4.78 is 4.96. The summed E-state index contributed by atoms with van der Waals surface area (Å²) in [6.45, 7) is 8.32. The first-order valence-electron chi connectivity index (χ1n) is 16.1. The fourth-order valence-corrected chi connectivity index (χ4v) is 5.11. The quantitative estimate of drug-likeness (QED) is 0.0779. The summed E-state index contributed by atoms with van der Waals surface area (Å²) >= 11 is 0. The Labute approximate surface area is 226 Å². The molecule has 0 aliphatic rings. The molecule has 36 heavy (non-hydrogen) atoms. The minimum Gasteiger partial charge on any atom is -0.466 e. The van der Waals surface area contributed by atoms with Gasteiger partial charge in [0.15, 0.2) is 0 Å². The highest BCUT2D eigenvalue weighted by atomic mass is 16.5. The average molecular weight is 509 g/mol. The maximum atomic E-state index is 11.3. The van der Waals surface area contributed by atoms with Crippen LogP contribution < -0.4 is 0 Å². The van der Waals surface area contributed by atoms with Gasteiger partial charge in [0.1, 0.15) is 5.78 Å². The first-order chi connectivity index (χ1) is 17.4. The molecule has 0 radical (unpaired) electrons. The van der Waals surface area contributed by atoms with Crippen molar-refractivity contribution in [3.63, 3.8) is 0 Å². The highest BCUT2D eigenvalue weighted by Gasteiger charge is 2.06. The number of esters is 1. The lowest BCUT2D eigenvalue weighted by Crippen LogP contribution is -2.05. The molecular weight excluding hydrogens is 444 g/mol. The second-order valence-electron chi connectivity index (χ2n) is 11.7. The van der Waals surface area contributed by atoms with Gasteiger partial charge < -0.3 is 4.74 Å². The standard InChI is InChI=1S/C33H64O3/c1-30(27-23-19-17-20-24-28-31(2)32(3)34)26-22-18-15-13-11-9-7-5-6-8-10-12-14-16-21-25-29-36-33(4)35/h30-31H,5-29H2,1-4H3. The third kappa shape index (κ3) is 27.7. The molecule has 0 aromatic heterocycles. The highest BCUT2D eigenvalue weighted by molar-refractivity contribution is 5.77. The molecule has 0 rings (SSSR count). The Balaban J connectivity index is 3.18. The number of carbonyl (C=O) groups excluding carboxylic acids is 2. The molecule has 0 amide bonds. The van der Waals surface area contributed by atoms with E-state index in [2.05, 4.69) is 13.8 Å². The molecule has 0 spiro atoms. The van der Waals surface area contributed by atoms with Crippen LogP contribution in [0.5, 0.6) is 0 Å². The number of ketones is 1. The number of Topliss-reactive ketones (excluding diaryl/α,β-unsaturated/α-hetero) is 1. The van der Waals surface area contributed by atoms with Crippen LogP contribution >= 0.6 is 0 Å². The van der Waals surface area contributed by atoms with Crippen molar-refractivity contribution in [3.8, 4) is 0 Å². The predicted molar refractivity (Wildman–Crippen MR) is 156 cm³/mol. The zero-order valence-corrected chi connectivity index (χ0v) is 25.1. The lowest BCUT2D eigenvalue weighted by atomic mass is 9.95. The minimum absolute atomic E-state index is 0.155. The van der Waals surface area contributed by atoms with Gasteiger partial charge in [0.2, 0.25) is 0 Å². The largest absolute Gasteiger partial charge is 0.466 e. The average Bonchev–Trinajstić information content (AvgIpc) is 2.84. The minimum atomic E-state index is -0.155. The second kappa shape index (κ2) is 27.2. The summed E-state index contributed by atoms with van der Waals surface area (Å²) in [4.78, 5) is 21.9. The van der Waals surface area contributed by atoms with Crippen LogP contribution in [0.15, 0.2) is 0 Å². The summed E-state index contributed by atoms with van der Waals surface area (Å²) in [5.74, 6) is 1.35. The van der Waals surface area contributed by atoms with Crippen LogP contribution in [-0.4, -0.2) is 18.4 Å². The van der Waals surface area contributed by atoms with Crippen molar-refractivity contribution in [2.45, 2.75) is 182 Å². The summed E-state index contributed by atoms with van der Waals surface area (Å²) in [6, 6.07) is 0. The number of unbranched alkanes of at least 4 members (excludes halogenated alkanes) is 19. The van der Waals surface area contributed by atoms with Crippen molar-refractivity contribution in [3.05, 3.63) is 0 Å². The lowest BCUT2D eigenvalue weighted by molar-refractivity contribution is -0.141.